The van der Waals surface area contributed by atoms with Crippen LogP contribution in [0.5, 0.6) is 0 Å². The molecule has 0 aliphatic heterocycles. The lowest BCUT2D eigenvalue weighted by Gasteiger charge is -2.03. The van der Waals surface area contributed by atoms with Gasteiger partial charge < -0.3 is 0 Å². The molecule has 0 saturated carbocycles. The van der Waals surface area contributed by atoms with E-state index in [0.717, 1.165) is 27.2 Å². The van der Waals surface area contributed by atoms with Crippen molar-refractivity contribution in [2.45, 2.75) is 6.92 Å². The Morgan fingerprint density at radius 2 is 2.06 bits per heavy atom. The average molecular weight is 244 g/mol. The van der Waals surface area contributed by atoms with E-state index in [1.807, 2.05) is 35.9 Å². The molecule has 0 atom stereocenters. The van der Waals surface area contributed by atoms with E-state index >= 15 is 0 Å². The van der Waals surface area contributed by atoms with Crippen LogP contribution in [0, 0.1) is 6.92 Å². The third-order valence-electron chi connectivity index (χ3n) is 2.77. The molecule has 0 amide bonds. The number of halogens is 1. The standard InChI is InChI=1S/C13H10ClN3/c1-9-4-5-12-11(13(9)14)8-16-17(12)10-3-2-6-15-7-10/h2-8H,1H3. The van der Waals surface area contributed by atoms with Crippen molar-refractivity contribution < 1.29 is 0 Å². The smallest absolute Gasteiger partial charge is 0.0836 e. The van der Waals surface area contributed by atoms with Gasteiger partial charge in [-0.05, 0) is 30.7 Å². The van der Waals surface area contributed by atoms with Crippen LogP contribution in [0.25, 0.3) is 16.6 Å². The van der Waals surface area contributed by atoms with Gasteiger partial charge in [0, 0.05) is 11.6 Å². The molecule has 0 saturated heterocycles. The second-order valence-electron chi connectivity index (χ2n) is 3.90. The van der Waals surface area contributed by atoms with Crippen LogP contribution in [0.15, 0.2) is 42.9 Å². The first-order valence-corrected chi connectivity index (χ1v) is 5.68. The van der Waals surface area contributed by atoms with E-state index in [0.29, 0.717) is 0 Å². The van der Waals surface area contributed by atoms with Gasteiger partial charge in [0.1, 0.15) is 0 Å². The van der Waals surface area contributed by atoms with E-state index in [4.69, 9.17) is 11.6 Å². The highest BCUT2D eigenvalue weighted by atomic mass is 35.5. The molecule has 0 unspecified atom stereocenters. The molecule has 0 bridgehead atoms. The fraction of sp³-hybridized carbons (Fsp3) is 0.0769. The molecule has 84 valence electrons. The van der Waals surface area contributed by atoms with Gasteiger partial charge in [-0.1, -0.05) is 17.7 Å². The first-order chi connectivity index (χ1) is 8.27. The van der Waals surface area contributed by atoms with Gasteiger partial charge in [0.25, 0.3) is 0 Å². The molecular weight excluding hydrogens is 234 g/mol. The highest BCUT2D eigenvalue weighted by Crippen LogP contribution is 2.27. The number of hydrogen-bond acceptors (Lipinski definition) is 2. The van der Waals surface area contributed by atoms with Gasteiger partial charge in [-0.25, -0.2) is 4.68 Å². The van der Waals surface area contributed by atoms with Crippen LogP contribution < -0.4 is 0 Å². The van der Waals surface area contributed by atoms with Gasteiger partial charge in [-0.15, -0.1) is 0 Å². The first-order valence-electron chi connectivity index (χ1n) is 5.30. The van der Waals surface area contributed by atoms with Gasteiger partial charge >= 0.3 is 0 Å². The summed E-state index contributed by atoms with van der Waals surface area (Å²) >= 11 is 6.26. The summed E-state index contributed by atoms with van der Waals surface area (Å²) in [5.74, 6) is 0. The Labute approximate surface area is 104 Å². The molecule has 0 aliphatic rings. The van der Waals surface area contributed by atoms with Crippen LogP contribution in [0.2, 0.25) is 5.02 Å². The minimum atomic E-state index is 0.762. The van der Waals surface area contributed by atoms with Crippen LogP contribution in [0.3, 0.4) is 0 Å². The Morgan fingerprint density at radius 1 is 1.18 bits per heavy atom. The number of hydrogen-bond donors (Lipinski definition) is 0. The Kier molecular flexibility index (Phi) is 2.34. The number of aryl methyl sites for hydroxylation is 1. The highest BCUT2D eigenvalue weighted by Gasteiger charge is 2.08. The zero-order valence-electron chi connectivity index (χ0n) is 9.26. The predicted molar refractivity (Wildman–Crippen MR) is 68.6 cm³/mol. The highest BCUT2D eigenvalue weighted by molar-refractivity contribution is 6.36. The van der Waals surface area contributed by atoms with Gasteiger partial charge in [0.15, 0.2) is 0 Å². The second-order valence-corrected chi connectivity index (χ2v) is 4.27. The van der Waals surface area contributed by atoms with E-state index in [1.54, 1.807) is 18.6 Å². The average Bonchev–Trinajstić information content (AvgIpc) is 2.79. The fourth-order valence-corrected chi connectivity index (χ4v) is 2.07. The molecule has 3 nitrogen and oxygen atoms in total. The number of pyridine rings is 1. The van der Waals surface area contributed by atoms with Crippen LogP contribution in [0.1, 0.15) is 5.56 Å². The number of nitrogens with zero attached hydrogens (tertiary/aromatic N) is 3. The summed E-state index contributed by atoms with van der Waals surface area (Å²) in [5.41, 5.74) is 2.99. The van der Waals surface area contributed by atoms with E-state index in [-0.39, 0.29) is 0 Å². The van der Waals surface area contributed by atoms with E-state index in [9.17, 15) is 0 Å². The van der Waals surface area contributed by atoms with Crippen molar-refractivity contribution in [3.63, 3.8) is 0 Å². The molecule has 2 aromatic heterocycles. The molecule has 0 radical (unpaired) electrons. The quantitative estimate of drug-likeness (QED) is 0.656. The third kappa shape index (κ3) is 1.59. The minimum Gasteiger partial charge on any atom is -0.262 e. The summed E-state index contributed by atoms with van der Waals surface area (Å²) in [5, 5.41) is 6.09. The molecule has 0 fully saturated rings. The molecule has 3 aromatic rings. The molecule has 0 spiro atoms. The zero-order valence-corrected chi connectivity index (χ0v) is 10.0. The lowest BCUT2D eigenvalue weighted by atomic mass is 10.2. The van der Waals surface area contributed by atoms with Gasteiger partial charge in [0.2, 0.25) is 0 Å². The maximum atomic E-state index is 6.26. The molecule has 17 heavy (non-hydrogen) atoms. The van der Waals surface area contributed by atoms with Gasteiger partial charge in [0.05, 0.1) is 28.6 Å². The molecular formula is C13H10ClN3. The zero-order chi connectivity index (χ0) is 11.8. The summed E-state index contributed by atoms with van der Waals surface area (Å²) in [6.45, 7) is 1.99. The van der Waals surface area contributed by atoms with E-state index in [1.165, 1.54) is 0 Å². The van der Waals surface area contributed by atoms with Gasteiger partial charge in [-0.3, -0.25) is 4.98 Å². The number of benzene rings is 1. The fourth-order valence-electron chi connectivity index (χ4n) is 1.86. The minimum absolute atomic E-state index is 0.762. The van der Waals surface area contributed by atoms with Gasteiger partial charge in [-0.2, -0.15) is 5.10 Å². The molecule has 3 rings (SSSR count). The lowest BCUT2D eigenvalue weighted by molar-refractivity contribution is 0.903. The maximum absolute atomic E-state index is 6.26. The topological polar surface area (TPSA) is 30.7 Å². The summed E-state index contributed by atoms with van der Waals surface area (Å²) in [7, 11) is 0. The first kappa shape index (κ1) is 10.3. The Balaban J connectivity index is 2.30. The normalized spacial score (nSPS) is 10.9. The predicted octanol–water partition coefficient (Wildman–Crippen LogP) is 3.38. The number of fused-ring (bicyclic) bond motifs is 1. The van der Waals surface area contributed by atoms with E-state index in [2.05, 4.69) is 10.1 Å². The van der Waals surface area contributed by atoms with Crippen molar-refractivity contribution in [2.24, 2.45) is 0 Å². The maximum Gasteiger partial charge on any atom is 0.0836 e. The summed E-state index contributed by atoms with van der Waals surface area (Å²) in [6.07, 6.45) is 5.31. The van der Waals surface area contributed by atoms with Crippen molar-refractivity contribution in [3.05, 3.63) is 53.4 Å². The summed E-state index contributed by atoms with van der Waals surface area (Å²) < 4.78 is 1.84. The van der Waals surface area contributed by atoms with E-state index < -0.39 is 0 Å². The number of rotatable bonds is 1. The lowest BCUT2D eigenvalue weighted by Crippen LogP contribution is -1.95. The number of aromatic nitrogens is 3. The van der Waals surface area contributed by atoms with Crippen LogP contribution in [0.4, 0.5) is 0 Å². The SMILES string of the molecule is Cc1ccc2c(cnn2-c2cccnc2)c1Cl. The van der Waals surface area contributed by atoms with Crippen molar-refractivity contribution >= 4 is 22.5 Å². The Morgan fingerprint density at radius 3 is 2.82 bits per heavy atom. The largest absolute Gasteiger partial charge is 0.262 e. The monoisotopic (exact) mass is 243 g/mol. The van der Waals surface area contributed by atoms with Crippen molar-refractivity contribution in [1.29, 1.82) is 0 Å². The summed E-state index contributed by atoms with van der Waals surface area (Å²) in [6, 6.07) is 7.88. The Bertz CT molecular complexity index is 674. The van der Waals surface area contributed by atoms with Crippen LogP contribution in [-0.4, -0.2) is 14.8 Å². The second kappa shape index (κ2) is 3.86. The molecule has 4 heteroatoms. The van der Waals surface area contributed by atoms with Crippen molar-refractivity contribution in [3.8, 4) is 5.69 Å². The molecule has 2 heterocycles. The van der Waals surface area contributed by atoms with Crippen LogP contribution in [-0.2, 0) is 0 Å². The van der Waals surface area contributed by atoms with Crippen molar-refractivity contribution in [1.82, 2.24) is 14.8 Å². The Hall–Kier alpha value is -1.87. The summed E-state index contributed by atoms with van der Waals surface area (Å²) in [4.78, 5) is 4.09. The molecule has 0 aliphatic carbocycles. The van der Waals surface area contributed by atoms with Crippen LogP contribution >= 0.6 is 11.6 Å². The molecule has 1 aromatic carbocycles. The molecule has 0 N–H and O–H groups in total. The third-order valence-corrected chi connectivity index (χ3v) is 3.27. The van der Waals surface area contributed by atoms with Crippen molar-refractivity contribution in [2.75, 3.05) is 0 Å².